The Bertz CT molecular complexity index is 519. The minimum absolute atomic E-state index is 0.239. The highest BCUT2D eigenvalue weighted by Gasteiger charge is 2.15. The molecule has 0 saturated heterocycles. The number of hydrazone groups is 1. The van der Waals surface area contributed by atoms with Crippen LogP contribution in [0.15, 0.2) is 23.4 Å². The molecule has 1 aromatic rings. The van der Waals surface area contributed by atoms with Crippen LogP contribution in [0.2, 0.25) is 0 Å². The summed E-state index contributed by atoms with van der Waals surface area (Å²) >= 11 is 0. The van der Waals surface area contributed by atoms with Crippen LogP contribution < -0.4 is 16.9 Å². The molecule has 0 bridgehead atoms. The van der Waals surface area contributed by atoms with Gasteiger partial charge in [0.1, 0.15) is 11.3 Å². The number of rotatable bonds is 5. The third-order valence-corrected chi connectivity index (χ3v) is 2.43. The SMILES string of the molecule is CN(N)/N=C(\N)c1ccc(CCNC(=O)OC(C)(C)C)cn1. The van der Waals surface area contributed by atoms with Crippen molar-refractivity contribution in [1.82, 2.24) is 15.4 Å². The maximum Gasteiger partial charge on any atom is 0.407 e. The number of amides is 1. The lowest BCUT2D eigenvalue weighted by Crippen LogP contribution is -2.33. The molecule has 22 heavy (non-hydrogen) atoms. The topological polar surface area (TPSA) is 119 Å². The van der Waals surface area contributed by atoms with Crippen LogP contribution in [0.5, 0.6) is 0 Å². The van der Waals surface area contributed by atoms with Crippen molar-refractivity contribution in [3.63, 3.8) is 0 Å². The van der Waals surface area contributed by atoms with Crippen molar-refractivity contribution in [2.75, 3.05) is 13.6 Å². The summed E-state index contributed by atoms with van der Waals surface area (Å²) in [5, 5.41) is 7.68. The van der Waals surface area contributed by atoms with Crippen LogP contribution in [0, 0.1) is 0 Å². The van der Waals surface area contributed by atoms with Crippen molar-refractivity contribution in [3.05, 3.63) is 29.6 Å². The number of alkyl carbamates (subject to hydrolysis) is 1. The molecule has 5 N–H and O–H groups in total. The molecule has 0 saturated carbocycles. The standard InChI is InChI=1S/C14H24N6O2/c1-14(2,3)22-13(21)17-8-7-10-5-6-11(18-9-10)12(15)19-20(4)16/h5-6,9H,7-8,16H2,1-4H3,(H2,15,19)(H,17,21). The number of nitrogens with zero attached hydrogens (tertiary/aromatic N) is 3. The molecule has 1 rings (SSSR count). The van der Waals surface area contributed by atoms with Gasteiger partial charge in [-0.15, -0.1) is 5.10 Å². The summed E-state index contributed by atoms with van der Waals surface area (Å²) < 4.78 is 5.15. The molecule has 0 aromatic carbocycles. The zero-order chi connectivity index (χ0) is 16.8. The molecule has 0 aliphatic rings. The van der Waals surface area contributed by atoms with Gasteiger partial charge < -0.3 is 15.8 Å². The van der Waals surface area contributed by atoms with Gasteiger partial charge in [-0.25, -0.2) is 15.8 Å². The Morgan fingerprint density at radius 2 is 2.14 bits per heavy atom. The fourth-order valence-electron chi connectivity index (χ4n) is 1.57. The van der Waals surface area contributed by atoms with E-state index >= 15 is 0 Å². The number of pyridine rings is 1. The number of amidine groups is 1. The molecule has 1 amide bonds. The summed E-state index contributed by atoms with van der Waals surface area (Å²) in [6.07, 6.45) is 1.89. The molecule has 0 spiro atoms. The van der Waals surface area contributed by atoms with Gasteiger partial charge in [-0.3, -0.25) is 4.98 Å². The molecule has 8 nitrogen and oxygen atoms in total. The van der Waals surface area contributed by atoms with Gasteiger partial charge in [-0.05, 0) is 38.8 Å². The van der Waals surface area contributed by atoms with Crippen molar-refractivity contribution in [2.45, 2.75) is 32.8 Å². The molecule has 122 valence electrons. The van der Waals surface area contributed by atoms with E-state index in [-0.39, 0.29) is 5.84 Å². The molecule has 0 unspecified atom stereocenters. The molecule has 0 aliphatic carbocycles. The van der Waals surface area contributed by atoms with E-state index in [1.807, 2.05) is 26.8 Å². The number of hydrazine groups is 1. The van der Waals surface area contributed by atoms with Crippen molar-refractivity contribution >= 4 is 11.9 Å². The van der Waals surface area contributed by atoms with Gasteiger partial charge in [0, 0.05) is 19.8 Å². The van der Waals surface area contributed by atoms with Crippen molar-refractivity contribution < 1.29 is 9.53 Å². The third kappa shape index (κ3) is 6.89. The Morgan fingerprint density at radius 1 is 1.45 bits per heavy atom. The van der Waals surface area contributed by atoms with Crippen LogP contribution in [0.3, 0.4) is 0 Å². The first-order valence-electron chi connectivity index (χ1n) is 6.92. The van der Waals surface area contributed by atoms with Gasteiger partial charge in [0.05, 0.1) is 0 Å². The lowest BCUT2D eigenvalue weighted by atomic mass is 10.2. The molecule has 0 atom stereocenters. The fraction of sp³-hybridized carbons (Fsp3) is 0.500. The molecule has 1 aromatic heterocycles. The first-order valence-corrected chi connectivity index (χ1v) is 6.92. The second-order valence-corrected chi connectivity index (χ2v) is 5.79. The van der Waals surface area contributed by atoms with Gasteiger partial charge in [-0.2, -0.15) is 0 Å². The quantitative estimate of drug-likeness (QED) is 0.317. The predicted octanol–water partition coefficient (Wildman–Crippen LogP) is 0.575. The van der Waals surface area contributed by atoms with Gasteiger partial charge in [-0.1, -0.05) is 6.07 Å². The number of carbonyl (C=O) groups excluding carboxylic acids is 1. The lowest BCUT2D eigenvalue weighted by molar-refractivity contribution is 0.0528. The summed E-state index contributed by atoms with van der Waals surface area (Å²) in [6, 6.07) is 3.63. The van der Waals surface area contributed by atoms with E-state index in [9.17, 15) is 4.79 Å². The molecule has 1 heterocycles. The van der Waals surface area contributed by atoms with Gasteiger partial charge in [0.2, 0.25) is 0 Å². The number of hydrogen-bond acceptors (Lipinski definition) is 6. The van der Waals surface area contributed by atoms with E-state index < -0.39 is 11.7 Å². The van der Waals surface area contributed by atoms with Crippen molar-refractivity contribution in [1.29, 1.82) is 0 Å². The molecule has 0 radical (unpaired) electrons. The van der Waals surface area contributed by atoms with Gasteiger partial charge in [0.25, 0.3) is 0 Å². The van der Waals surface area contributed by atoms with E-state index in [4.69, 9.17) is 16.3 Å². The maximum absolute atomic E-state index is 11.5. The van der Waals surface area contributed by atoms with Crippen LogP contribution in [-0.4, -0.2) is 41.2 Å². The fourth-order valence-corrected chi connectivity index (χ4v) is 1.57. The molecule has 0 fully saturated rings. The highest BCUT2D eigenvalue weighted by atomic mass is 16.6. The van der Waals surface area contributed by atoms with Crippen LogP contribution in [0.25, 0.3) is 0 Å². The van der Waals surface area contributed by atoms with E-state index in [2.05, 4.69) is 15.4 Å². The summed E-state index contributed by atoms with van der Waals surface area (Å²) in [5.74, 6) is 5.62. The van der Waals surface area contributed by atoms with Gasteiger partial charge in [0.15, 0.2) is 5.84 Å². The Labute approximate surface area is 130 Å². The predicted molar refractivity (Wildman–Crippen MR) is 84.9 cm³/mol. The van der Waals surface area contributed by atoms with E-state index in [1.54, 1.807) is 19.3 Å². The molecular weight excluding hydrogens is 284 g/mol. The maximum atomic E-state index is 11.5. The second-order valence-electron chi connectivity index (χ2n) is 5.79. The van der Waals surface area contributed by atoms with Crippen LogP contribution in [0.1, 0.15) is 32.0 Å². The smallest absolute Gasteiger partial charge is 0.407 e. The number of hydrogen-bond donors (Lipinski definition) is 3. The first-order chi connectivity index (χ1) is 10.2. The average molecular weight is 308 g/mol. The summed E-state index contributed by atoms with van der Waals surface area (Å²) in [5.41, 5.74) is 6.75. The van der Waals surface area contributed by atoms with Crippen LogP contribution in [-0.2, 0) is 11.2 Å². The van der Waals surface area contributed by atoms with E-state index in [1.165, 1.54) is 0 Å². The highest BCUT2D eigenvalue weighted by Crippen LogP contribution is 2.06. The number of carbonyl (C=O) groups is 1. The average Bonchev–Trinajstić information content (AvgIpc) is 2.36. The zero-order valence-electron chi connectivity index (χ0n) is 13.5. The zero-order valence-corrected chi connectivity index (χ0v) is 13.5. The third-order valence-electron chi connectivity index (χ3n) is 2.43. The van der Waals surface area contributed by atoms with E-state index in [0.29, 0.717) is 18.7 Å². The minimum atomic E-state index is -0.500. The van der Waals surface area contributed by atoms with Crippen LogP contribution >= 0.6 is 0 Å². The second kappa shape index (κ2) is 7.60. The Hall–Kier alpha value is -2.35. The van der Waals surface area contributed by atoms with Crippen molar-refractivity contribution in [3.8, 4) is 0 Å². The Kier molecular flexibility index (Phi) is 6.11. The Morgan fingerprint density at radius 3 is 2.64 bits per heavy atom. The van der Waals surface area contributed by atoms with Gasteiger partial charge >= 0.3 is 6.09 Å². The first kappa shape index (κ1) is 17.7. The lowest BCUT2D eigenvalue weighted by Gasteiger charge is -2.19. The van der Waals surface area contributed by atoms with E-state index in [0.717, 1.165) is 10.7 Å². The number of nitrogens with two attached hydrogens (primary N) is 2. The summed E-state index contributed by atoms with van der Waals surface area (Å²) in [7, 11) is 1.57. The van der Waals surface area contributed by atoms with Crippen LogP contribution in [0.4, 0.5) is 4.79 Å². The number of ether oxygens (including phenoxy) is 1. The monoisotopic (exact) mass is 308 g/mol. The Balaban J connectivity index is 2.47. The minimum Gasteiger partial charge on any atom is -0.444 e. The molecule has 8 heteroatoms. The molecule has 0 aliphatic heterocycles. The highest BCUT2D eigenvalue weighted by molar-refractivity contribution is 5.95. The summed E-state index contributed by atoms with van der Waals surface area (Å²) in [6.45, 7) is 5.92. The molecular formula is C14H24N6O2. The number of nitrogens with one attached hydrogen (secondary N) is 1. The largest absolute Gasteiger partial charge is 0.444 e. The normalized spacial score (nSPS) is 12.0. The number of aromatic nitrogens is 1. The van der Waals surface area contributed by atoms with Crippen molar-refractivity contribution in [2.24, 2.45) is 16.7 Å². The summed E-state index contributed by atoms with van der Waals surface area (Å²) in [4.78, 5) is 15.7.